The molecule has 0 aliphatic carbocycles. The number of rotatable bonds is 4. The van der Waals surface area contributed by atoms with Crippen LogP contribution in [0, 0.1) is 0 Å². The zero-order chi connectivity index (χ0) is 14.8. The maximum absolute atomic E-state index is 11.5. The Kier molecular flexibility index (Phi) is 3.79. The lowest BCUT2D eigenvalue weighted by atomic mass is 9.80. The van der Waals surface area contributed by atoms with Crippen LogP contribution in [0.5, 0.6) is 5.75 Å². The molecule has 0 saturated carbocycles. The van der Waals surface area contributed by atoms with Gasteiger partial charge < -0.3 is 9.84 Å². The Morgan fingerprint density at radius 2 is 1.65 bits per heavy atom. The number of carbonyl (C=O) groups is 1. The standard InChI is InChI=1S/C17H18O3/c1-17(2,16(18)19)15-7-5-4-6-14(15)12-8-10-13(20-3)11-9-12/h4-11H,1-3H3,(H,18,19). The predicted octanol–water partition coefficient (Wildman–Crippen LogP) is 3.72. The highest BCUT2D eigenvalue weighted by atomic mass is 16.5. The Labute approximate surface area is 118 Å². The number of methoxy groups -OCH3 is 1. The minimum absolute atomic E-state index is 0.781. The van der Waals surface area contributed by atoms with E-state index < -0.39 is 11.4 Å². The first-order chi connectivity index (χ1) is 9.46. The molecule has 20 heavy (non-hydrogen) atoms. The number of ether oxygens (including phenoxy) is 1. The van der Waals surface area contributed by atoms with Crippen molar-refractivity contribution in [2.45, 2.75) is 19.3 Å². The van der Waals surface area contributed by atoms with E-state index in [0.29, 0.717) is 0 Å². The van der Waals surface area contributed by atoms with E-state index in [1.54, 1.807) is 21.0 Å². The van der Waals surface area contributed by atoms with Gasteiger partial charge in [-0.1, -0.05) is 36.4 Å². The van der Waals surface area contributed by atoms with Crippen LogP contribution in [0.3, 0.4) is 0 Å². The number of hydrogen-bond acceptors (Lipinski definition) is 2. The summed E-state index contributed by atoms with van der Waals surface area (Å²) in [6.07, 6.45) is 0. The van der Waals surface area contributed by atoms with Gasteiger partial charge in [-0.3, -0.25) is 4.79 Å². The maximum Gasteiger partial charge on any atom is 0.313 e. The van der Waals surface area contributed by atoms with Crippen molar-refractivity contribution in [1.29, 1.82) is 0 Å². The van der Waals surface area contributed by atoms with Gasteiger partial charge in [-0.05, 0) is 42.7 Å². The van der Waals surface area contributed by atoms with Gasteiger partial charge >= 0.3 is 5.97 Å². The smallest absolute Gasteiger partial charge is 0.313 e. The van der Waals surface area contributed by atoms with Crippen LogP contribution in [0.4, 0.5) is 0 Å². The maximum atomic E-state index is 11.5. The number of benzene rings is 2. The van der Waals surface area contributed by atoms with E-state index in [0.717, 1.165) is 22.4 Å². The summed E-state index contributed by atoms with van der Waals surface area (Å²) in [5.74, 6) is -0.0535. The van der Waals surface area contributed by atoms with Crippen molar-refractivity contribution in [3.63, 3.8) is 0 Å². The van der Waals surface area contributed by atoms with Gasteiger partial charge in [-0.2, -0.15) is 0 Å². The topological polar surface area (TPSA) is 46.5 Å². The van der Waals surface area contributed by atoms with Gasteiger partial charge in [0.1, 0.15) is 5.75 Å². The van der Waals surface area contributed by atoms with Crippen molar-refractivity contribution in [3.05, 3.63) is 54.1 Å². The third kappa shape index (κ3) is 2.52. The summed E-state index contributed by atoms with van der Waals surface area (Å²) in [5, 5.41) is 9.43. The fourth-order valence-corrected chi connectivity index (χ4v) is 2.17. The molecule has 0 saturated heterocycles. The van der Waals surface area contributed by atoms with E-state index in [1.165, 1.54) is 0 Å². The summed E-state index contributed by atoms with van der Waals surface area (Å²) < 4.78 is 5.15. The molecule has 0 spiro atoms. The first-order valence-electron chi connectivity index (χ1n) is 6.44. The van der Waals surface area contributed by atoms with Gasteiger partial charge in [0.2, 0.25) is 0 Å². The van der Waals surface area contributed by atoms with Crippen molar-refractivity contribution in [1.82, 2.24) is 0 Å². The highest BCUT2D eigenvalue weighted by Gasteiger charge is 2.31. The Hall–Kier alpha value is -2.29. The van der Waals surface area contributed by atoms with Gasteiger partial charge in [-0.25, -0.2) is 0 Å². The Morgan fingerprint density at radius 1 is 1.05 bits per heavy atom. The molecule has 1 N–H and O–H groups in total. The highest BCUT2D eigenvalue weighted by Crippen LogP contribution is 2.34. The van der Waals surface area contributed by atoms with E-state index in [9.17, 15) is 9.90 Å². The van der Waals surface area contributed by atoms with Gasteiger partial charge in [0.15, 0.2) is 0 Å². The van der Waals surface area contributed by atoms with Crippen molar-refractivity contribution in [3.8, 4) is 16.9 Å². The van der Waals surface area contributed by atoms with Gasteiger partial charge in [0.05, 0.1) is 12.5 Å². The second kappa shape index (κ2) is 5.37. The Balaban J connectivity index is 2.54. The van der Waals surface area contributed by atoms with E-state index in [-0.39, 0.29) is 0 Å². The lowest BCUT2D eigenvalue weighted by molar-refractivity contribution is -0.142. The largest absolute Gasteiger partial charge is 0.497 e. The number of aliphatic carboxylic acids is 1. The summed E-state index contributed by atoms with van der Waals surface area (Å²) in [6.45, 7) is 3.44. The number of carboxylic acid groups (broad SMARTS) is 1. The molecule has 2 aromatic carbocycles. The van der Waals surface area contributed by atoms with Crippen molar-refractivity contribution < 1.29 is 14.6 Å². The minimum Gasteiger partial charge on any atom is -0.497 e. The summed E-state index contributed by atoms with van der Waals surface area (Å²) in [6, 6.07) is 15.2. The van der Waals surface area contributed by atoms with Crippen LogP contribution >= 0.6 is 0 Å². The molecular weight excluding hydrogens is 252 g/mol. The summed E-state index contributed by atoms with van der Waals surface area (Å²) >= 11 is 0. The molecule has 0 radical (unpaired) electrons. The average Bonchev–Trinajstić information content (AvgIpc) is 2.47. The van der Waals surface area contributed by atoms with Gasteiger partial charge in [0.25, 0.3) is 0 Å². The molecule has 104 valence electrons. The first-order valence-corrected chi connectivity index (χ1v) is 6.44. The molecule has 0 heterocycles. The molecule has 3 nitrogen and oxygen atoms in total. The molecule has 0 fully saturated rings. The van der Waals surface area contributed by atoms with Crippen molar-refractivity contribution in [2.75, 3.05) is 7.11 Å². The SMILES string of the molecule is COc1ccc(-c2ccccc2C(C)(C)C(=O)O)cc1. The second-order valence-corrected chi connectivity index (χ2v) is 5.20. The average molecular weight is 270 g/mol. The van der Waals surface area contributed by atoms with Crippen LogP contribution in [-0.2, 0) is 10.2 Å². The quantitative estimate of drug-likeness (QED) is 0.921. The van der Waals surface area contributed by atoms with E-state index in [1.807, 2.05) is 48.5 Å². The first kappa shape index (κ1) is 14.1. The minimum atomic E-state index is -0.934. The third-order valence-electron chi connectivity index (χ3n) is 3.54. The lowest BCUT2D eigenvalue weighted by Crippen LogP contribution is -2.29. The zero-order valence-corrected chi connectivity index (χ0v) is 11.9. The van der Waals surface area contributed by atoms with Crippen LogP contribution in [0.15, 0.2) is 48.5 Å². The number of carboxylic acids is 1. The second-order valence-electron chi connectivity index (χ2n) is 5.20. The molecule has 0 bridgehead atoms. The van der Waals surface area contributed by atoms with E-state index in [4.69, 9.17) is 4.74 Å². The van der Waals surface area contributed by atoms with E-state index in [2.05, 4.69) is 0 Å². The monoisotopic (exact) mass is 270 g/mol. The molecule has 0 amide bonds. The fraction of sp³-hybridized carbons (Fsp3) is 0.235. The molecule has 2 rings (SSSR count). The lowest BCUT2D eigenvalue weighted by Gasteiger charge is -2.23. The Morgan fingerprint density at radius 3 is 2.20 bits per heavy atom. The van der Waals surface area contributed by atoms with Crippen LogP contribution in [0.25, 0.3) is 11.1 Å². The van der Waals surface area contributed by atoms with Crippen LogP contribution in [0.1, 0.15) is 19.4 Å². The zero-order valence-electron chi connectivity index (χ0n) is 11.9. The number of hydrogen-bond donors (Lipinski definition) is 1. The van der Waals surface area contributed by atoms with Gasteiger partial charge in [0, 0.05) is 0 Å². The molecule has 0 atom stereocenters. The van der Waals surface area contributed by atoms with E-state index >= 15 is 0 Å². The molecule has 0 aliphatic heterocycles. The normalized spacial score (nSPS) is 11.2. The van der Waals surface area contributed by atoms with Crippen molar-refractivity contribution >= 4 is 5.97 Å². The Bertz CT molecular complexity index is 612. The van der Waals surface area contributed by atoms with Crippen molar-refractivity contribution in [2.24, 2.45) is 0 Å². The van der Waals surface area contributed by atoms with Crippen LogP contribution < -0.4 is 4.74 Å². The molecule has 0 aliphatic rings. The fourth-order valence-electron chi connectivity index (χ4n) is 2.17. The highest BCUT2D eigenvalue weighted by molar-refractivity contribution is 5.84. The summed E-state index contributed by atoms with van der Waals surface area (Å²) in [7, 11) is 1.62. The predicted molar refractivity (Wildman–Crippen MR) is 79.1 cm³/mol. The molecule has 3 heteroatoms. The summed E-state index contributed by atoms with van der Waals surface area (Å²) in [4.78, 5) is 11.5. The molecule has 0 unspecified atom stereocenters. The third-order valence-corrected chi connectivity index (χ3v) is 3.54. The molecular formula is C17H18O3. The van der Waals surface area contributed by atoms with Gasteiger partial charge in [-0.15, -0.1) is 0 Å². The van der Waals surface area contributed by atoms with Crippen LogP contribution in [-0.4, -0.2) is 18.2 Å². The summed E-state index contributed by atoms with van der Waals surface area (Å²) in [5.41, 5.74) is 1.78. The van der Waals surface area contributed by atoms with Crippen LogP contribution in [0.2, 0.25) is 0 Å². The molecule has 2 aromatic rings. The molecule has 0 aromatic heterocycles.